The van der Waals surface area contributed by atoms with Crippen molar-refractivity contribution in [2.75, 3.05) is 24.9 Å². The minimum atomic E-state index is -0.510. The molecule has 0 bridgehead atoms. The Balaban J connectivity index is 1.76. The Morgan fingerprint density at radius 2 is 1.47 bits per heavy atom. The first-order valence-corrected chi connectivity index (χ1v) is 10.5. The standard InChI is InChI=1S/C25H23N5O4/c1-33-19-13-14-21(34-2)20(15-19)28-24-23(30(31)32)25(27-16-26-24)29-22(17-9-5-3-6-10-17)18-11-7-4-8-12-18/h3-16,22H,1-2H3,(H2,26,27,28,29). The Morgan fingerprint density at radius 1 is 0.853 bits per heavy atom. The second kappa shape index (κ2) is 10.3. The van der Waals surface area contributed by atoms with Gasteiger partial charge in [-0.05, 0) is 23.3 Å². The first kappa shape index (κ1) is 22.5. The molecule has 172 valence electrons. The molecule has 0 radical (unpaired) electrons. The highest BCUT2D eigenvalue weighted by Gasteiger charge is 2.27. The van der Waals surface area contributed by atoms with E-state index in [4.69, 9.17) is 9.47 Å². The lowest BCUT2D eigenvalue weighted by atomic mass is 9.99. The van der Waals surface area contributed by atoms with Crippen LogP contribution in [-0.2, 0) is 0 Å². The van der Waals surface area contributed by atoms with Gasteiger partial charge in [-0.1, -0.05) is 60.7 Å². The van der Waals surface area contributed by atoms with Crippen LogP contribution < -0.4 is 20.1 Å². The Bertz CT molecular complexity index is 1230. The van der Waals surface area contributed by atoms with Crippen molar-refractivity contribution in [1.29, 1.82) is 0 Å². The maximum Gasteiger partial charge on any atom is 0.353 e. The summed E-state index contributed by atoms with van der Waals surface area (Å²) in [5, 5.41) is 18.4. The number of hydrogen-bond acceptors (Lipinski definition) is 8. The highest BCUT2D eigenvalue weighted by Crippen LogP contribution is 2.38. The molecule has 0 saturated heterocycles. The minimum Gasteiger partial charge on any atom is -0.497 e. The van der Waals surface area contributed by atoms with Crippen molar-refractivity contribution in [3.05, 3.63) is 106 Å². The zero-order chi connectivity index (χ0) is 23.9. The molecule has 4 aromatic rings. The molecule has 0 amide bonds. The summed E-state index contributed by atoms with van der Waals surface area (Å²) >= 11 is 0. The SMILES string of the molecule is COc1ccc(OC)c(Nc2ncnc(NC(c3ccccc3)c3ccccc3)c2[N+](=O)[O-])c1. The van der Waals surface area contributed by atoms with Crippen molar-refractivity contribution in [1.82, 2.24) is 9.97 Å². The topological polar surface area (TPSA) is 111 Å². The van der Waals surface area contributed by atoms with Gasteiger partial charge in [0.2, 0.25) is 11.6 Å². The molecule has 34 heavy (non-hydrogen) atoms. The largest absolute Gasteiger partial charge is 0.497 e. The summed E-state index contributed by atoms with van der Waals surface area (Å²) in [5.41, 5.74) is 2.05. The quantitative estimate of drug-likeness (QED) is 0.256. The zero-order valence-electron chi connectivity index (χ0n) is 18.6. The predicted molar refractivity (Wildman–Crippen MR) is 130 cm³/mol. The van der Waals surface area contributed by atoms with Gasteiger partial charge in [-0.25, -0.2) is 9.97 Å². The van der Waals surface area contributed by atoms with E-state index in [1.807, 2.05) is 60.7 Å². The fourth-order valence-corrected chi connectivity index (χ4v) is 3.57. The lowest BCUT2D eigenvalue weighted by Gasteiger charge is -2.21. The third-order valence-corrected chi connectivity index (χ3v) is 5.21. The summed E-state index contributed by atoms with van der Waals surface area (Å²) < 4.78 is 10.7. The first-order valence-electron chi connectivity index (χ1n) is 10.5. The van der Waals surface area contributed by atoms with E-state index in [9.17, 15) is 10.1 Å². The molecule has 1 heterocycles. The van der Waals surface area contributed by atoms with Gasteiger partial charge in [0.15, 0.2) is 0 Å². The summed E-state index contributed by atoms with van der Waals surface area (Å²) in [6.07, 6.45) is 1.28. The Labute approximate surface area is 196 Å². The molecule has 2 N–H and O–H groups in total. The van der Waals surface area contributed by atoms with Gasteiger partial charge in [-0.2, -0.15) is 0 Å². The van der Waals surface area contributed by atoms with Crippen LogP contribution in [-0.4, -0.2) is 29.1 Å². The fraction of sp³-hybridized carbons (Fsp3) is 0.120. The molecule has 0 spiro atoms. The van der Waals surface area contributed by atoms with Gasteiger partial charge >= 0.3 is 5.69 Å². The molecule has 0 saturated carbocycles. The number of rotatable bonds is 9. The summed E-state index contributed by atoms with van der Waals surface area (Å²) in [6.45, 7) is 0. The van der Waals surface area contributed by atoms with Gasteiger partial charge in [0.25, 0.3) is 0 Å². The first-order chi connectivity index (χ1) is 16.6. The van der Waals surface area contributed by atoms with Crippen LogP contribution in [0.25, 0.3) is 0 Å². The molecule has 3 aromatic carbocycles. The number of ether oxygens (including phenoxy) is 2. The van der Waals surface area contributed by atoms with Crippen LogP contribution in [0.4, 0.5) is 23.0 Å². The van der Waals surface area contributed by atoms with Crippen molar-refractivity contribution < 1.29 is 14.4 Å². The number of benzene rings is 3. The number of nitrogens with zero attached hydrogens (tertiary/aromatic N) is 3. The molecular formula is C25H23N5O4. The van der Waals surface area contributed by atoms with Crippen LogP contribution in [0.15, 0.2) is 85.2 Å². The molecule has 0 fully saturated rings. The molecular weight excluding hydrogens is 434 g/mol. The number of hydrogen-bond donors (Lipinski definition) is 2. The summed E-state index contributed by atoms with van der Waals surface area (Å²) in [5.74, 6) is 1.15. The third kappa shape index (κ3) is 4.88. The molecule has 0 aliphatic carbocycles. The Kier molecular flexibility index (Phi) is 6.83. The normalized spacial score (nSPS) is 10.6. The van der Waals surface area contributed by atoms with Crippen molar-refractivity contribution in [2.24, 2.45) is 0 Å². The molecule has 9 heteroatoms. The van der Waals surface area contributed by atoms with Crippen molar-refractivity contribution >= 4 is 23.0 Å². The lowest BCUT2D eigenvalue weighted by molar-refractivity contribution is -0.383. The molecule has 0 atom stereocenters. The van der Waals surface area contributed by atoms with E-state index >= 15 is 0 Å². The second-order valence-electron chi connectivity index (χ2n) is 7.27. The minimum absolute atomic E-state index is 0.0222. The highest BCUT2D eigenvalue weighted by molar-refractivity contribution is 5.77. The fourth-order valence-electron chi connectivity index (χ4n) is 3.57. The third-order valence-electron chi connectivity index (χ3n) is 5.21. The number of aromatic nitrogens is 2. The molecule has 0 aliphatic rings. The maximum absolute atomic E-state index is 12.2. The molecule has 0 aliphatic heterocycles. The van der Waals surface area contributed by atoms with Crippen LogP contribution >= 0.6 is 0 Å². The molecule has 1 aromatic heterocycles. The van der Waals surface area contributed by atoms with Crippen molar-refractivity contribution in [3.8, 4) is 11.5 Å². The smallest absolute Gasteiger partial charge is 0.353 e. The maximum atomic E-state index is 12.2. The van der Waals surface area contributed by atoms with Crippen molar-refractivity contribution in [3.63, 3.8) is 0 Å². The molecule has 4 rings (SSSR count). The lowest BCUT2D eigenvalue weighted by Crippen LogP contribution is -2.15. The molecule has 0 unspecified atom stereocenters. The van der Waals surface area contributed by atoms with Gasteiger partial charge in [-0.3, -0.25) is 10.1 Å². The van der Waals surface area contributed by atoms with E-state index in [2.05, 4.69) is 20.6 Å². The van der Waals surface area contributed by atoms with Crippen LogP contribution in [0.5, 0.6) is 11.5 Å². The van der Waals surface area contributed by atoms with Crippen LogP contribution in [0.2, 0.25) is 0 Å². The average Bonchev–Trinajstić information content (AvgIpc) is 2.88. The monoisotopic (exact) mass is 457 g/mol. The number of anilines is 3. The Morgan fingerprint density at radius 3 is 2.03 bits per heavy atom. The van der Waals surface area contributed by atoms with Gasteiger partial charge in [0, 0.05) is 6.07 Å². The predicted octanol–water partition coefficient (Wildman–Crippen LogP) is 5.35. The second-order valence-corrected chi connectivity index (χ2v) is 7.27. The van der Waals surface area contributed by atoms with Crippen molar-refractivity contribution in [2.45, 2.75) is 6.04 Å². The molecule has 9 nitrogen and oxygen atoms in total. The van der Waals surface area contributed by atoms with Crippen LogP contribution in [0.3, 0.4) is 0 Å². The van der Waals surface area contributed by atoms with Crippen LogP contribution in [0, 0.1) is 10.1 Å². The highest BCUT2D eigenvalue weighted by atomic mass is 16.6. The van der Waals surface area contributed by atoms with E-state index in [-0.39, 0.29) is 23.4 Å². The number of nitro groups is 1. The van der Waals surface area contributed by atoms with E-state index in [0.717, 1.165) is 11.1 Å². The van der Waals surface area contributed by atoms with E-state index in [1.165, 1.54) is 20.5 Å². The van der Waals surface area contributed by atoms with Gasteiger partial charge in [0.1, 0.15) is 17.8 Å². The number of methoxy groups -OCH3 is 2. The van der Waals surface area contributed by atoms with Gasteiger partial charge < -0.3 is 20.1 Å². The zero-order valence-corrected chi connectivity index (χ0v) is 18.6. The Hall–Kier alpha value is -4.66. The van der Waals surface area contributed by atoms with E-state index < -0.39 is 4.92 Å². The van der Waals surface area contributed by atoms with Gasteiger partial charge in [0.05, 0.1) is 30.9 Å². The summed E-state index contributed by atoms with van der Waals surface area (Å²) in [7, 11) is 3.05. The van der Waals surface area contributed by atoms with Crippen LogP contribution in [0.1, 0.15) is 17.2 Å². The number of nitrogens with one attached hydrogen (secondary N) is 2. The summed E-state index contributed by atoms with van der Waals surface area (Å²) in [4.78, 5) is 20.0. The van der Waals surface area contributed by atoms with Gasteiger partial charge in [-0.15, -0.1) is 0 Å². The summed E-state index contributed by atoms with van der Waals surface area (Å²) in [6, 6.07) is 24.1. The van der Waals surface area contributed by atoms with E-state index in [0.29, 0.717) is 17.2 Å². The average molecular weight is 457 g/mol. The van der Waals surface area contributed by atoms with E-state index in [1.54, 1.807) is 18.2 Å².